The zero-order valence-electron chi connectivity index (χ0n) is 28.3. The number of rotatable bonds is 8. The van der Waals surface area contributed by atoms with Crippen LogP contribution in [0.15, 0.2) is 35.5 Å². The lowest BCUT2D eigenvalue weighted by Gasteiger charge is -2.57. The summed E-state index contributed by atoms with van der Waals surface area (Å²) < 4.78 is 23.7. The number of ether oxygens (including phenoxy) is 4. The first-order valence-electron chi connectivity index (χ1n) is 17.0. The Hall–Kier alpha value is -1.96. The van der Waals surface area contributed by atoms with E-state index in [9.17, 15) is 14.7 Å². The second-order valence-electron chi connectivity index (χ2n) is 15.5. The highest BCUT2D eigenvalue weighted by Crippen LogP contribution is 2.66. The number of aliphatic hydroxyl groups is 1. The van der Waals surface area contributed by atoms with E-state index in [4.69, 9.17) is 18.9 Å². The number of carbonyl (C=O) groups is 2. The van der Waals surface area contributed by atoms with Crippen molar-refractivity contribution in [3.63, 3.8) is 0 Å². The fraction of sp³-hybridized carbons (Fsp3) is 0.784. The molecule has 0 aromatic heterocycles. The molecule has 3 saturated carbocycles. The summed E-state index contributed by atoms with van der Waals surface area (Å²) >= 11 is 0. The van der Waals surface area contributed by atoms with Gasteiger partial charge >= 0.3 is 11.9 Å². The van der Waals surface area contributed by atoms with Crippen LogP contribution in [0, 0.1) is 34.5 Å². The van der Waals surface area contributed by atoms with Crippen molar-refractivity contribution >= 4 is 11.9 Å². The zero-order chi connectivity index (χ0) is 32.1. The Labute approximate surface area is 264 Å². The average Bonchev–Trinajstić information content (AvgIpc) is 3.29. The van der Waals surface area contributed by atoms with E-state index < -0.39 is 11.2 Å². The number of allylic oxidation sites excluding steroid dienone is 4. The van der Waals surface area contributed by atoms with Crippen molar-refractivity contribution in [3.05, 3.63) is 35.5 Å². The van der Waals surface area contributed by atoms with Crippen LogP contribution in [0.2, 0.25) is 0 Å². The van der Waals surface area contributed by atoms with Gasteiger partial charge in [0.05, 0.1) is 5.60 Å². The molecule has 5 aliphatic rings. The van der Waals surface area contributed by atoms with E-state index in [2.05, 4.69) is 39.0 Å². The normalized spacial score (nSPS) is 39.2. The Morgan fingerprint density at radius 3 is 2.41 bits per heavy atom. The Morgan fingerprint density at radius 2 is 1.75 bits per heavy atom. The minimum Gasteiger partial charge on any atom is -0.462 e. The van der Waals surface area contributed by atoms with Crippen LogP contribution in [0.3, 0.4) is 0 Å². The molecule has 7 heteroatoms. The minimum absolute atomic E-state index is 0.146. The molecule has 10 atom stereocenters. The van der Waals surface area contributed by atoms with E-state index in [1.165, 1.54) is 25.0 Å². The molecule has 0 bridgehead atoms. The standard InChI is InChI=1S/C37H56O7/c1-23(16-19-36(7,40)34(4,5)44-33-11-9-10-20-41-33)29-14-15-30-28-13-12-26-21-27(42-24(2)38)22-32(43-25(3)39)37(26,8)31(28)17-18-35(29,30)6/h12-13,16,19,23,27,29-33,40H,9-11,14-15,17-18,20-22H2,1-8H3/t23-,27-,29-,30+,31+,32+,33?,35-,36-,37+/m1/s1. The number of carbonyl (C=O) groups excluding carboxylic acids is 2. The molecule has 1 saturated heterocycles. The Bertz CT molecular complexity index is 1190. The van der Waals surface area contributed by atoms with Crippen LogP contribution < -0.4 is 0 Å². The third kappa shape index (κ3) is 6.10. The Balaban J connectivity index is 1.34. The lowest BCUT2D eigenvalue weighted by Crippen LogP contribution is -2.54. The molecule has 0 spiro atoms. The molecule has 1 N–H and O–H groups in total. The molecule has 0 radical (unpaired) electrons. The Kier molecular flexibility index (Phi) is 9.36. The first kappa shape index (κ1) is 33.4. The van der Waals surface area contributed by atoms with Crippen LogP contribution in [0.5, 0.6) is 0 Å². The average molecular weight is 613 g/mol. The number of fused-ring (bicyclic) bond motifs is 5. The van der Waals surface area contributed by atoms with Crippen LogP contribution in [-0.4, -0.2) is 53.4 Å². The number of hydrogen-bond acceptors (Lipinski definition) is 7. The molecule has 44 heavy (non-hydrogen) atoms. The minimum atomic E-state index is -1.14. The second kappa shape index (κ2) is 12.3. The molecule has 0 amide bonds. The van der Waals surface area contributed by atoms with Crippen molar-refractivity contribution in [2.75, 3.05) is 6.61 Å². The van der Waals surface area contributed by atoms with Gasteiger partial charge in [-0.05, 0) is 94.8 Å². The third-order valence-electron chi connectivity index (χ3n) is 12.5. The number of esters is 2. The summed E-state index contributed by atoms with van der Waals surface area (Å²) in [6.45, 7) is 16.4. The molecule has 1 aliphatic heterocycles. The molecule has 246 valence electrons. The van der Waals surface area contributed by atoms with Crippen LogP contribution in [0.25, 0.3) is 0 Å². The maximum absolute atomic E-state index is 12.3. The molecule has 1 heterocycles. The van der Waals surface area contributed by atoms with E-state index in [0.717, 1.165) is 44.9 Å². The van der Waals surface area contributed by atoms with Gasteiger partial charge in [0.1, 0.15) is 17.8 Å². The van der Waals surface area contributed by atoms with Gasteiger partial charge in [0, 0.05) is 38.7 Å². The lowest BCUT2D eigenvalue weighted by molar-refractivity contribution is -0.251. The smallest absolute Gasteiger partial charge is 0.302 e. The van der Waals surface area contributed by atoms with E-state index in [1.807, 2.05) is 26.8 Å². The van der Waals surface area contributed by atoms with Gasteiger partial charge in [-0.3, -0.25) is 9.59 Å². The van der Waals surface area contributed by atoms with Gasteiger partial charge in [-0.15, -0.1) is 0 Å². The first-order valence-corrected chi connectivity index (χ1v) is 17.0. The van der Waals surface area contributed by atoms with Crippen molar-refractivity contribution in [1.82, 2.24) is 0 Å². The van der Waals surface area contributed by atoms with Crippen LogP contribution in [0.1, 0.15) is 113 Å². The van der Waals surface area contributed by atoms with E-state index in [1.54, 1.807) is 0 Å². The maximum Gasteiger partial charge on any atom is 0.302 e. The summed E-state index contributed by atoms with van der Waals surface area (Å²) in [7, 11) is 0. The fourth-order valence-corrected chi connectivity index (χ4v) is 9.53. The lowest BCUT2D eigenvalue weighted by atomic mass is 9.49. The summed E-state index contributed by atoms with van der Waals surface area (Å²) in [6, 6.07) is 0. The Morgan fingerprint density at radius 1 is 1.02 bits per heavy atom. The van der Waals surface area contributed by atoms with Crippen molar-refractivity contribution < 1.29 is 33.6 Å². The van der Waals surface area contributed by atoms with Crippen molar-refractivity contribution in [1.29, 1.82) is 0 Å². The van der Waals surface area contributed by atoms with E-state index >= 15 is 0 Å². The molecular weight excluding hydrogens is 556 g/mol. The highest BCUT2D eigenvalue weighted by atomic mass is 16.7. The molecule has 0 aromatic carbocycles. The molecular formula is C37H56O7. The first-order chi connectivity index (χ1) is 20.6. The molecule has 4 aliphatic carbocycles. The van der Waals surface area contributed by atoms with Gasteiger partial charge in [0.2, 0.25) is 0 Å². The maximum atomic E-state index is 12.3. The summed E-state index contributed by atoms with van der Waals surface area (Å²) in [5.41, 5.74) is 0.648. The van der Waals surface area contributed by atoms with E-state index in [-0.39, 0.29) is 41.3 Å². The molecule has 0 aromatic rings. The molecule has 7 nitrogen and oxygen atoms in total. The van der Waals surface area contributed by atoms with Crippen molar-refractivity contribution in [3.8, 4) is 0 Å². The third-order valence-corrected chi connectivity index (χ3v) is 12.5. The van der Waals surface area contributed by atoms with Crippen LogP contribution >= 0.6 is 0 Å². The fourth-order valence-electron chi connectivity index (χ4n) is 9.53. The van der Waals surface area contributed by atoms with Crippen LogP contribution in [0.4, 0.5) is 0 Å². The zero-order valence-corrected chi connectivity index (χ0v) is 28.3. The van der Waals surface area contributed by atoms with Gasteiger partial charge in [-0.2, -0.15) is 0 Å². The predicted octanol–water partition coefficient (Wildman–Crippen LogP) is 7.22. The summed E-state index contributed by atoms with van der Waals surface area (Å²) in [4.78, 5) is 24.1. The number of hydrogen-bond donors (Lipinski definition) is 1. The summed E-state index contributed by atoms with van der Waals surface area (Å²) in [6.07, 6.45) is 16.6. The predicted molar refractivity (Wildman–Crippen MR) is 169 cm³/mol. The quantitative estimate of drug-likeness (QED) is 0.229. The monoisotopic (exact) mass is 612 g/mol. The van der Waals surface area contributed by atoms with Gasteiger partial charge in [-0.1, -0.05) is 56.2 Å². The van der Waals surface area contributed by atoms with Crippen molar-refractivity contribution in [2.45, 2.75) is 143 Å². The summed E-state index contributed by atoms with van der Waals surface area (Å²) in [5, 5.41) is 11.6. The molecule has 5 rings (SSSR count). The highest BCUT2D eigenvalue weighted by molar-refractivity contribution is 5.67. The molecule has 4 fully saturated rings. The van der Waals surface area contributed by atoms with Gasteiger partial charge in [0.15, 0.2) is 6.29 Å². The topological polar surface area (TPSA) is 91.3 Å². The molecule has 1 unspecified atom stereocenters. The van der Waals surface area contributed by atoms with Gasteiger partial charge in [0.25, 0.3) is 0 Å². The highest BCUT2D eigenvalue weighted by Gasteiger charge is 2.60. The van der Waals surface area contributed by atoms with Crippen LogP contribution in [-0.2, 0) is 28.5 Å². The largest absolute Gasteiger partial charge is 0.462 e. The van der Waals surface area contributed by atoms with Gasteiger partial charge < -0.3 is 24.1 Å². The van der Waals surface area contributed by atoms with Crippen molar-refractivity contribution in [2.24, 2.45) is 34.5 Å². The summed E-state index contributed by atoms with van der Waals surface area (Å²) in [5.74, 6) is 0.978. The second-order valence-corrected chi connectivity index (χ2v) is 15.5. The van der Waals surface area contributed by atoms with Gasteiger partial charge in [-0.25, -0.2) is 0 Å². The van der Waals surface area contributed by atoms with E-state index in [0.29, 0.717) is 43.1 Å². The SMILES string of the molecule is CC(=O)O[C@@H]1CC2=CC=C3[C@@H]4CC[C@H]([C@H](C)C=C[C@@](C)(O)C(C)(C)OC5CCCCO5)[C@@]4(C)CC[C@@H]3[C@@]2(C)[C@@H](OC(C)=O)C1.